The van der Waals surface area contributed by atoms with E-state index in [-0.39, 0.29) is 29.5 Å². The van der Waals surface area contributed by atoms with Crippen LogP contribution in [0.4, 0.5) is 0 Å². The highest BCUT2D eigenvalue weighted by Crippen LogP contribution is 2.39. The van der Waals surface area contributed by atoms with Crippen LogP contribution in [-0.2, 0) is 9.59 Å². The van der Waals surface area contributed by atoms with Gasteiger partial charge in [-0.1, -0.05) is 12.1 Å². The summed E-state index contributed by atoms with van der Waals surface area (Å²) in [7, 11) is 1.42. The fourth-order valence-electron chi connectivity index (χ4n) is 2.78. The number of ketones is 1. The Bertz CT molecular complexity index is 954. The first kappa shape index (κ1) is 19.2. The van der Waals surface area contributed by atoms with E-state index in [1.165, 1.54) is 33.1 Å². The van der Waals surface area contributed by atoms with Gasteiger partial charge in [0.2, 0.25) is 0 Å². The van der Waals surface area contributed by atoms with Gasteiger partial charge in [-0.2, -0.15) is 0 Å². The summed E-state index contributed by atoms with van der Waals surface area (Å²) in [5.74, 6) is 0.0880. The maximum atomic E-state index is 12.9. The Kier molecular flexibility index (Phi) is 5.44. The van der Waals surface area contributed by atoms with Crippen molar-refractivity contribution in [2.75, 3.05) is 13.7 Å². The molecule has 0 N–H and O–H groups in total. The first-order chi connectivity index (χ1) is 13.4. The van der Waals surface area contributed by atoms with Crippen LogP contribution in [0.25, 0.3) is 6.08 Å². The van der Waals surface area contributed by atoms with E-state index >= 15 is 0 Å². The number of methoxy groups -OCH3 is 1. The zero-order valence-electron chi connectivity index (χ0n) is 15.6. The predicted molar refractivity (Wildman–Crippen MR) is 99.9 cm³/mol. The molecule has 0 fully saturated rings. The molecule has 0 atom stereocenters. The molecule has 2 aromatic carbocycles. The van der Waals surface area contributed by atoms with E-state index in [9.17, 15) is 14.4 Å². The summed E-state index contributed by atoms with van der Waals surface area (Å²) >= 11 is 0. The molecule has 0 bridgehead atoms. The number of ether oxygens (including phenoxy) is 4. The van der Waals surface area contributed by atoms with Crippen LogP contribution in [-0.4, -0.2) is 31.4 Å². The van der Waals surface area contributed by atoms with Crippen molar-refractivity contribution in [2.24, 2.45) is 0 Å². The molecule has 0 amide bonds. The van der Waals surface area contributed by atoms with Crippen LogP contribution in [0.3, 0.4) is 0 Å². The maximum absolute atomic E-state index is 12.9. The number of Topliss-reactive ketones (excluding diaryl/α,β-unsaturated/α-hetero) is 1. The van der Waals surface area contributed by atoms with Gasteiger partial charge in [-0.25, -0.2) is 0 Å². The molecule has 0 aliphatic carbocycles. The van der Waals surface area contributed by atoms with E-state index in [4.69, 9.17) is 18.9 Å². The third-order valence-electron chi connectivity index (χ3n) is 3.91. The summed E-state index contributed by atoms with van der Waals surface area (Å²) in [6.45, 7) is 2.67. The van der Waals surface area contributed by atoms with Gasteiger partial charge in [-0.15, -0.1) is 0 Å². The Balaban J connectivity index is 1.90. The van der Waals surface area contributed by atoms with E-state index in [2.05, 4.69) is 0 Å². The van der Waals surface area contributed by atoms with Crippen LogP contribution in [0.5, 0.6) is 23.0 Å². The summed E-state index contributed by atoms with van der Waals surface area (Å²) in [6, 6.07) is 9.70. The Morgan fingerprint density at radius 3 is 2.25 bits per heavy atom. The SMILES string of the molecule is COc1cc(OC(C)=O)cc2c1C(=O)/C(=C/c1ccc(OC(C)=O)cc1)CO2. The lowest BCUT2D eigenvalue weighted by Crippen LogP contribution is -2.20. The molecule has 0 aromatic heterocycles. The van der Waals surface area contributed by atoms with Crippen molar-refractivity contribution >= 4 is 23.8 Å². The second-order valence-electron chi connectivity index (χ2n) is 6.04. The highest BCUT2D eigenvalue weighted by Gasteiger charge is 2.28. The zero-order valence-corrected chi connectivity index (χ0v) is 15.6. The topological polar surface area (TPSA) is 88.1 Å². The summed E-state index contributed by atoms with van der Waals surface area (Å²) in [6.07, 6.45) is 1.70. The Morgan fingerprint density at radius 2 is 1.64 bits per heavy atom. The van der Waals surface area contributed by atoms with Gasteiger partial charge in [-0.3, -0.25) is 14.4 Å². The molecule has 1 heterocycles. The van der Waals surface area contributed by atoms with Gasteiger partial charge in [0, 0.05) is 31.6 Å². The molecule has 7 heteroatoms. The maximum Gasteiger partial charge on any atom is 0.308 e. The molecule has 0 unspecified atom stereocenters. The number of hydrogen-bond donors (Lipinski definition) is 0. The van der Waals surface area contributed by atoms with E-state index in [0.717, 1.165) is 5.56 Å². The van der Waals surface area contributed by atoms with Crippen molar-refractivity contribution in [3.63, 3.8) is 0 Å². The van der Waals surface area contributed by atoms with Gasteiger partial charge in [0.05, 0.1) is 7.11 Å². The van der Waals surface area contributed by atoms with Crippen molar-refractivity contribution in [2.45, 2.75) is 13.8 Å². The van der Waals surface area contributed by atoms with Gasteiger partial charge in [0.25, 0.3) is 0 Å². The quantitative estimate of drug-likeness (QED) is 0.456. The van der Waals surface area contributed by atoms with Gasteiger partial charge < -0.3 is 18.9 Å². The standard InChI is InChI=1S/C21H18O7/c1-12(22)27-16-6-4-14(5-7-16)8-15-11-26-19-10-17(28-13(2)23)9-18(25-3)20(19)21(15)24/h4-10H,11H2,1-3H3/b15-8+. The average molecular weight is 382 g/mol. The lowest BCUT2D eigenvalue weighted by molar-refractivity contribution is -0.132. The Morgan fingerprint density at radius 1 is 1.00 bits per heavy atom. The molecule has 144 valence electrons. The largest absolute Gasteiger partial charge is 0.496 e. The first-order valence-corrected chi connectivity index (χ1v) is 8.44. The second-order valence-corrected chi connectivity index (χ2v) is 6.04. The highest BCUT2D eigenvalue weighted by atomic mass is 16.5. The number of fused-ring (bicyclic) bond motifs is 1. The molecule has 28 heavy (non-hydrogen) atoms. The summed E-state index contributed by atoms with van der Waals surface area (Å²) in [5.41, 5.74) is 1.46. The van der Waals surface area contributed by atoms with Gasteiger partial charge in [0.1, 0.15) is 35.2 Å². The molecule has 1 aliphatic heterocycles. The number of carbonyl (C=O) groups is 3. The summed E-state index contributed by atoms with van der Waals surface area (Å²) < 4.78 is 21.0. The predicted octanol–water partition coefficient (Wildman–Crippen LogP) is 3.20. The lowest BCUT2D eigenvalue weighted by Gasteiger charge is -2.21. The molecule has 3 rings (SSSR count). The molecule has 7 nitrogen and oxygen atoms in total. The van der Waals surface area contributed by atoms with Crippen molar-refractivity contribution in [3.8, 4) is 23.0 Å². The average Bonchev–Trinajstić information content (AvgIpc) is 2.64. The lowest BCUT2D eigenvalue weighted by atomic mass is 9.97. The fraction of sp³-hybridized carbons (Fsp3) is 0.190. The van der Waals surface area contributed by atoms with Crippen LogP contribution in [0.2, 0.25) is 0 Å². The molecule has 0 spiro atoms. The van der Waals surface area contributed by atoms with Crippen molar-refractivity contribution < 1.29 is 33.3 Å². The van der Waals surface area contributed by atoms with Crippen molar-refractivity contribution in [1.29, 1.82) is 0 Å². The normalized spacial score (nSPS) is 14.1. The highest BCUT2D eigenvalue weighted by molar-refractivity contribution is 6.15. The Labute approximate surface area is 161 Å². The van der Waals surface area contributed by atoms with E-state index in [0.29, 0.717) is 17.1 Å². The van der Waals surface area contributed by atoms with E-state index in [1.54, 1.807) is 30.3 Å². The molecular weight excluding hydrogens is 364 g/mol. The molecule has 1 aliphatic rings. The molecule has 2 aromatic rings. The minimum Gasteiger partial charge on any atom is -0.496 e. The minimum atomic E-state index is -0.484. The van der Waals surface area contributed by atoms with Crippen molar-refractivity contribution in [1.82, 2.24) is 0 Å². The van der Waals surface area contributed by atoms with Crippen LogP contribution in [0.15, 0.2) is 42.0 Å². The smallest absolute Gasteiger partial charge is 0.308 e. The summed E-state index contributed by atoms with van der Waals surface area (Å²) in [5, 5.41) is 0. The van der Waals surface area contributed by atoms with Crippen LogP contribution < -0.4 is 18.9 Å². The van der Waals surface area contributed by atoms with Crippen LogP contribution in [0.1, 0.15) is 29.8 Å². The molecule has 0 radical (unpaired) electrons. The van der Waals surface area contributed by atoms with Crippen LogP contribution in [0, 0.1) is 0 Å². The fourth-order valence-corrected chi connectivity index (χ4v) is 2.78. The zero-order chi connectivity index (χ0) is 20.3. The monoisotopic (exact) mass is 382 g/mol. The first-order valence-electron chi connectivity index (χ1n) is 8.44. The number of rotatable bonds is 4. The number of hydrogen-bond acceptors (Lipinski definition) is 7. The van der Waals surface area contributed by atoms with Crippen molar-refractivity contribution in [3.05, 3.63) is 53.1 Å². The Hall–Kier alpha value is -3.61. The van der Waals surface area contributed by atoms with E-state index in [1.807, 2.05) is 0 Å². The van der Waals surface area contributed by atoms with Gasteiger partial charge in [0.15, 0.2) is 5.78 Å². The van der Waals surface area contributed by atoms with Gasteiger partial charge in [-0.05, 0) is 23.8 Å². The van der Waals surface area contributed by atoms with Gasteiger partial charge >= 0.3 is 11.9 Å². The molecule has 0 saturated heterocycles. The van der Waals surface area contributed by atoms with E-state index < -0.39 is 11.9 Å². The number of benzene rings is 2. The number of carbonyl (C=O) groups excluding carboxylic acids is 3. The number of esters is 2. The third kappa shape index (κ3) is 4.20. The minimum absolute atomic E-state index is 0.0597. The third-order valence-corrected chi connectivity index (χ3v) is 3.91. The molecular formula is C21H18O7. The van der Waals surface area contributed by atoms with Crippen LogP contribution >= 0.6 is 0 Å². The second kappa shape index (κ2) is 7.96. The molecule has 0 saturated carbocycles. The summed E-state index contributed by atoms with van der Waals surface area (Å²) in [4.78, 5) is 35.1.